The van der Waals surface area contributed by atoms with E-state index in [1.165, 1.54) is 25.3 Å². The number of ether oxygens (including phenoxy) is 3. The lowest BCUT2D eigenvalue weighted by atomic mass is 9.92. The van der Waals surface area contributed by atoms with E-state index in [2.05, 4.69) is 31.0 Å². The average molecular weight is 944 g/mol. The third-order valence-corrected chi connectivity index (χ3v) is 12.7. The molecule has 0 saturated carbocycles. The van der Waals surface area contributed by atoms with Crippen LogP contribution in [0.15, 0.2) is 28.7 Å². The molecule has 5 N–H and O–H groups in total. The minimum atomic E-state index is -1.06. The summed E-state index contributed by atoms with van der Waals surface area (Å²) < 4.78 is 16.5. The number of carboxylic acid groups (broad SMARTS) is 1. The van der Waals surface area contributed by atoms with Gasteiger partial charge in [-0.25, -0.2) is 4.98 Å². The third kappa shape index (κ3) is 17.8. The number of anilines is 1. The monoisotopic (exact) mass is 943 g/mol. The molecular weight excluding hydrogens is 875 g/mol. The van der Waals surface area contributed by atoms with E-state index < -0.39 is 53.9 Å². The van der Waals surface area contributed by atoms with Crippen LogP contribution in [0.2, 0.25) is 0 Å². The molecule has 66 heavy (non-hydrogen) atoms. The number of carbonyl (C=O) groups is 6. The Morgan fingerprint density at radius 1 is 1.05 bits per heavy atom. The molecule has 1 aliphatic heterocycles. The van der Waals surface area contributed by atoms with E-state index in [-0.39, 0.29) is 105 Å². The summed E-state index contributed by atoms with van der Waals surface area (Å²) in [6, 6.07) is 2.26. The fourth-order valence-electron chi connectivity index (χ4n) is 7.68. The van der Waals surface area contributed by atoms with Gasteiger partial charge in [0.15, 0.2) is 6.10 Å². The zero-order valence-corrected chi connectivity index (χ0v) is 40.3. The largest absolute Gasteiger partial charge is 0.506 e. The van der Waals surface area contributed by atoms with Crippen molar-refractivity contribution in [3.05, 3.63) is 50.3 Å². The van der Waals surface area contributed by atoms with Gasteiger partial charge in [-0.2, -0.15) is 0 Å². The number of aromatic nitrogens is 1. The Balaban J connectivity index is 1.75. The fraction of sp³-hybridized carbons (Fsp3) is 0.667. The van der Waals surface area contributed by atoms with Crippen LogP contribution in [-0.2, 0) is 44.6 Å². The molecule has 2 unspecified atom stereocenters. The number of piperidine rings is 1. The number of hydrogen-bond acceptors (Lipinski definition) is 14. The molecule has 1 fully saturated rings. The summed E-state index contributed by atoms with van der Waals surface area (Å²) in [5.41, 5.74) is 9.02. The van der Waals surface area contributed by atoms with Crippen LogP contribution in [0.5, 0.6) is 5.75 Å². The Labute approximate surface area is 391 Å². The molecular formula is C45H69N9O11S. The maximum Gasteiger partial charge on any atom is 0.306 e. The van der Waals surface area contributed by atoms with Gasteiger partial charge in [-0.3, -0.25) is 33.7 Å². The zero-order chi connectivity index (χ0) is 48.9. The summed E-state index contributed by atoms with van der Waals surface area (Å²) >= 11 is 1.11. The van der Waals surface area contributed by atoms with Gasteiger partial charge in [0, 0.05) is 49.3 Å². The summed E-state index contributed by atoms with van der Waals surface area (Å²) in [4.78, 5) is 89.6. The molecule has 3 rings (SSSR count). The van der Waals surface area contributed by atoms with Gasteiger partial charge in [0.05, 0.1) is 50.5 Å². The second kappa shape index (κ2) is 28.0. The van der Waals surface area contributed by atoms with Gasteiger partial charge in [0.25, 0.3) is 5.91 Å². The van der Waals surface area contributed by atoms with Crippen LogP contribution in [-0.4, -0.2) is 138 Å². The van der Waals surface area contributed by atoms with Crippen molar-refractivity contribution in [2.24, 2.45) is 22.9 Å². The van der Waals surface area contributed by atoms with Gasteiger partial charge in [0.2, 0.25) is 17.7 Å². The van der Waals surface area contributed by atoms with Crippen LogP contribution in [0.3, 0.4) is 0 Å². The number of thiazole rings is 1. The van der Waals surface area contributed by atoms with Crippen molar-refractivity contribution < 1.29 is 53.2 Å². The highest BCUT2D eigenvalue weighted by atomic mass is 32.1. The van der Waals surface area contributed by atoms with Crippen molar-refractivity contribution >= 4 is 52.6 Å². The van der Waals surface area contributed by atoms with Crippen LogP contribution in [0, 0.1) is 17.8 Å². The minimum absolute atomic E-state index is 0.0125. The molecule has 366 valence electrons. The number of azide groups is 1. The second-order valence-corrected chi connectivity index (χ2v) is 18.1. The molecule has 1 aromatic heterocycles. The standard InChI is InChI=1S/C45H69N9O11S/c1-9-28(4)40(51-42(59)35-12-10-11-17-53(35)7)44(60)54(8)36(27(2)3)25-38(65-30(6)55)43-50-34(26-66-43)41(58)48-32(22-29(5)45(61)62)23-31-13-14-37(56)33(24-31)49-39(57)15-18-63-20-21-64-19-16-47-52-46/h13-14,24,26-29,32,35-36,38,40,56H,9-12,15-23,25H2,1-8H3,(H,48,58)(H,49,57)(H,51,59)(H,61,62)/t28-,29?,32+,35?,36+,38+,40-/m0/s1. The van der Waals surface area contributed by atoms with Crippen molar-refractivity contribution in [2.45, 2.75) is 123 Å². The number of likely N-dealkylation sites (tertiary alicyclic amines) is 1. The van der Waals surface area contributed by atoms with Gasteiger partial charge in [-0.1, -0.05) is 58.6 Å². The first kappa shape index (κ1) is 55.0. The molecule has 7 atom stereocenters. The average Bonchev–Trinajstić information content (AvgIpc) is 3.77. The number of carbonyl (C=O) groups excluding carboxylic acids is 5. The van der Waals surface area contributed by atoms with Gasteiger partial charge >= 0.3 is 11.9 Å². The Hall–Kier alpha value is -5.34. The van der Waals surface area contributed by atoms with Crippen molar-refractivity contribution in [1.82, 2.24) is 25.4 Å². The molecule has 1 aliphatic rings. The summed E-state index contributed by atoms with van der Waals surface area (Å²) in [7, 11) is 3.61. The predicted molar refractivity (Wildman–Crippen MR) is 248 cm³/mol. The lowest BCUT2D eigenvalue weighted by Gasteiger charge is -2.38. The number of aliphatic carboxylic acids is 1. The highest BCUT2D eigenvalue weighted by Crippen LogP contribution is 2.32. The second-order valence-electron chi connectivity index (χ2n) is 17.2. The Morgan fingerprint density at radius 3 is 2.39 bits per heavy atom. The molecule has 0 aliphatic carbocycles. The van der Waals surface area contributed by atoms with Gasteiger partial charge in [-0.05, 0) is 74.3 Å². The van der Waals surface area contributed by atoms with Crippen molar-refractivity contribution in [3.63, 3.8) is 0 Å². The molecule has 2 heterocycles. The number of rotatable bonds is 28. The number of aromatic hydroxyl groups is 1. The van der Waals surface area contributed by atoms with Crippen LogP contribution in [0.1, 0.15) is 114 Å². The zero-order valence-electron chi connectivity index (χ0n) is 39.5. The maximum atomic E-state index is 14.3. The highest BCUT2D eigenvalue weighted by Gasteiger charge is 2.37. The van der Waals surface area contributed by atoms with Crippen molar-refractivity contribution in [1.29, 1.82) is 0 Å². The van der Waals surface area contributed by atoms with Crippen LogP contribution in [0.4, 0.5) is 5.69 Å². The molecule has 20 nitrogen and oxygen atoms in total. The first-order valence-corrected chi connectivity index (χ1v) is 23.5. The number of likely N-dealkylation sites (N-methyl/N-ethyl adjacent to an activating group) is 2. The fourth-order valence-corrected chi connectivity index (χ4v) is 8.52. The number of nitrogens with zero attached hydrogens (tertiary/aromatic N) is 6. The number of carboxylic acids is 1. The molecule has 1 saturated heterocycles. The van der Waals surface area contributed by atoms with Crippen LogP contribution < -0.4 is 16.0 Å². The SMILES string of the molecule is CC[C@H](C)[C@H](NC(=O)C1CCCCN1C)C(=O)N(C)[C@H](C[C@@H](OC(C)=O)c1nc(C(=O)N[C@@H](Cc2ccc(O)c(NC(=O)CCOCCOCCN=[N+]=[N-])c2)CC(C)C(=O)O)cs1)C(C)C. The number of amides is 4. The van der Waals surface area contributed by atoms with Gasteiger partial charge in [0.1, 0.15) is 22.5 Å². The molecule has 2 aromatic rings. The van der Waals surface area contributed by atoms with Gasteiger partial charge in [-0.15, -0.1) is 11.3 Å². The normalized spacial score (nSPS) is 16.7. The molecule has 4 amide bonds. The highest BCUT2D eigenvalue weighted by molar-refractivity contribution is 7.09. The predicted octanol–water partition coefficient (Wildman–Crippen LogP) is 5.47. The first-order valence-electron chi connectivity index (χ1n) is 22.6. The number of nitrogens with one attached hydrogen (secondary N) is 3. The maximum absolute atomic E-state index is 14.3. The Morgan fingerprint density at radius 2 is 1.76 bits per heavy atom. The lowest BCUT2D eigenvalue weighted by molar-refractivity contribution is -0.149. The summed E-state index contributed by atoms with van der Waals surface area (Å²) in [6.45, 7) is 12.4. The van der Waals surface area contributed by atoms with E-state index in [0.29, 0.717) is 17.0 Å². The van der Waals surface area contributed by atoms with Crippen LogP contribution >= 0.6 is 11.3 Å². The summed E-state index contributed by atoms with van der Waals surface area (Å²) in [5, 5.41) is 34.1. The number of benzene rings is 1. The number of phenols is 1. The third-order valence-electron chi connectivity index (χ3n) is 11.7. The quantitative estimate of drug-likeness (QED) is 0.0177. The van der Waals surface area contributed by atoms with Crippen LogP contribution in [0.25, 0.3) is 10.4 Å². The van der Waals surface area contributed by atoms with E-state index in [1.54, 1.807) is 24.1 Å². The number of phenolic OH excluding ortho intramolecular Hbond substituents is 1. The lowest BCUT2D eigenvalue weighted by Crippen LogP contribution is -2.58. The number of hydrogen-bond donors (Lipinski definition) is 5. The van der Waals surface area contributed by atoms with Crippen molar-refractivity contribution in [3.8, 4) is 5.75 Å². The van der Waals surface area contributed by atoms with E-state index in [4.69, 9.17) is 19.7 Å². The Kier molecular flexibility index (Phi) is 23.3. The summed E-state index contributed by atoms with van der Waals surface area (Å²) in [5.74, 6) is -4.43. The molecule has 21 heteroatoms. The topological polar surface area (TPSA) is 275 Å². The summed E-state index contributed by atoms with van der Waals surface area (Å²) in [6.07, 6.45) is 2.70. The van der Waals surface area contributed by atoms with Gasteiger partial charge < -0.3 is 45.3 Å². The van der Waals surface area contributed by atoms with Crippen molar-refractivity contribution in [2.75, 3.05) is 58.9 Å². The smallest absolute Gasteiger partial charge is 0.306 e. The molecule has 0 spiro atoms. The molecule has 0 radical (unpaired) electrons. The molecule has 0 bridgehead atoms. The van der Waals surface area contributed by atoms with E-state index in [9.17, 15) is 39.0 Å². The Bertz CT molecular complexity index is 1980. The first-order chi connectivity index (χ1) is 31.4. The van der Waals surface area contributed by atoms with E-state index in [1.807, 2.05) is 39.6 Å². The van der Waals surface area contributed by atoms with E-state index >= 15 is 0 Å². The molecule has 1 aromatic carbocycles. The minimum Gasteiger partial charge on any atom is -0.506 e. The van der Waals surface area contributed by atoms with E-state index in [0.717, 1.165) is 37.1 Å². The number of esters is 1.